The van der Waals surface area contributed by atoms with Gasteiger partial charge in [0.05, 0.1) is 0 Å². The van der Waals surface area contributed by atoms with Gasteiger partial charge in [-0.05, 0) is 41.9 Å². The van der Waals surface area contributed by atoms with Crippen LogP contribution in [0.2, 0.25) is 5.02 Å². The summed E-state index contributed by atoms with van der Waals surface area (Å²) in [5.74, 6) is 6.38. The third kappa shape index (κ3) is 2.87. The summed E-state index contributed by atoms with van der Waals surface area (Å²) in [6.07, 6.45) is 5.13. The molecule has 1 aromatic carbocycles. The summed E-state index contributed by atoms with van der Waals surface area (Å²) >= 11 is 6.09. The van der Waals surface area contributed by atoms with Crippen molar-refractivity contribution in [2.75, 3.05) is 0 Å². The molecule has 2 rings (SSSR count). The number of nitrogens with one attached hydrogen (secondary N) is 1. The van der Waals surface area contributed by atoms with Crippen molar-refractivity contribution < 1.29 is 0 Å². The molecular formula is C15H23ClN2. The van der Waals surface area contributed by atoms with Gasteiger partial charge in [-0.15, -0.1) is 0 Å². The minimum absolute atomic E-state index is 0.194. The van der Waals surface area contributed by atoms with E-state index in [1.165, 1.54) is 31.2 Å². The van der Waals surface area contributed by atoms with Crippen LogP contribution in [0.25, 0.3) is 0 Å². The molecule has 2 unspecified atom stereocenters. The van der Waals surface area contributed by atoms with Crippen molar-refractivity contribution in [3.8, 4) is 0 Å². The summed E-state index contributed by atoms with van der Waals surface area (Å²) in [6, 6.07) is 8.24. The number of nitrogens with two attached hydrogens (primary N) is 1. The van der Waals surface area contributed by atoms with Crippen LogP contribution < -0.4 is 11.3 Å². The maximum absolute atomic E-state index is 6.09. The highest BCUT2D eigenvalue weighted by Crippen LogP contribution is 2.46. The highest BCUT2D eigenvalue weighted by atomic mass is 35.5. The molecule has 0 saturated heterocycles. The van der Waals surface area contributed by atoms with Gasteiger partial charge in [0.2, 0.25) is 0 Å². The molecule has 1 aliphatic rings. The van der Waals surface area contributed by atoms with E-state index in [1.807, 2.05) is 18.2 Å². The van der Waals surface area contributed by atoms with Crippen molar-refractivity contribution in [2.24, 2.45) is 17.2 Å². The Kier molecular flexibility index (Phi) is 4.31. The average molecular weight is 267 g/mol. The molecule has 1 saturated carbocycles. The summed E-state index contributed by atoms with van der Waals surface area (Å²) in [6.45, 7) is 4.71. The van der Waals surface area contributed by atoms with Crippen molar-refractivity contribution in [3.05, 3.63) is 34.9 Å². The van der Waals surface area contributed by atoms with Gasteiger partial charge in [-0.3, -0.25) is 11.3 Å². The molecule has 3 N–H and O–H groups in total. The highest BCUT2D eigenvalue weighted by Gasteiger charge is 2.37. The summed E-state index contributed by atoms with van der Waals surface area (Å²) in [7, 11) is 0. The van der Waals surface area contributed by atoms with Gasteiger partial charge >= 0.3 is 0 Å². The monoisotopic (exact) mass is 266 g/mol. The zero-order valence-electron chi connectivity index (χ0n) is 11.2. The number of halogens is 1. The number of hydrogen-bond acceptors (Lipinski definition) is 2. The van der Waals surface area contributed by atoms with Gasteiger partial charge in [0.25, 0.3) is 0 Å². The second-order valence-corrected chi connectivity index (χ2v) is 6.48. The summed E-state index contributed by atoms with van der Waals surface area (Å²) in [5, 5.41) is 0.779. The van der Waals surface area contributed by atoms with Crippen LogP contribution in [0.5, 0.6) is 0 Å². The Morgan fingerprint density at radius 1 is 1.39 bits per heavy atom. The molecule has 0 spiro atoms. The normalized spacial score (nSPS) is 24.8. The van der Waals surface area contributed by atoms with Crippen molar-refractivity contribution >= 4 is 11.6 Å². The van der Waals surface area contributed by atoms with Gasteiger partial charge in [-0.1, -0.05) is 50.4 Å². The fourth-order valence-electron chi connectivity index (χ4n) is 3.28. The lowest BCUT2D eigenvalue weighted by molar-refractivity contribution is 0.0982. The minimum atomic E-state index is 0.194. The smallest absolute Gasteiger partial charge is 0.0493 e. The molecule has 2 atom stereocenters. The third-order valence-electron chi connectivity index (χ3n) is 4.38. The van der Waals surface area contributed by atoms with Crippen LogP contribution in [-0.4, -0.2) is 0 Å². The van der Waals surface area contributed by atoms with Gasteiger partial charge < -0.3 is 0 Å². The Balaban J connectivity index is 2.27. The maximum Gasteiger partial charge on any atom is 0.0493 e. The molecule has 1 fully saturated rings. The van der Waals surface area contributed by atoms with Gasteiger partial charge in [-0.2, -0.15) is 0 Å². The molecule has 0 aromatic heterocycles. The standard InChI is InChI=1S/C15H23ClN2/c1-15(2)9-4-3-8-13(15)14(18-17)11-6-5-7-12(16)10-11/h5-7,10,13-14,18H,3-4,8-9,17H2,1-2H3. The quantitative estimate of drug-likeness (QED) is 0.640. The van der Waals surface area contributed by atoms with Crippen LogP contribution in [0.1, 0.15) is 51.1 Å². The molecule has 0 radical (unpaired) electrons. The third-order valence-corrected chi connectivity index (χ3v) is 4.61. The van der Waals surface area contributed by atoms with Crippen molar-refractivity contribution in [3.63, 3.8) is 0 Å². The minimum Gasteiger partial charge on any atom is -0.271 e. The van der Waals surface area contributed by atoms with Crippen LogP contribution in [0, 0.1) is 11.3 Å². The lowest BCUT2D eigenvalue weighted by atomic mass is 9.65. The van der Waals surface area contributed by atoms with E-state index in [9.17, 15) is 0 Å². The van der Waals surface area contributed by atoms with Crippen LogP contribution in [0.3, 0.4) is 0 Å². The van der Waals surface area contributed by atoms with E-state index in [0.29, 0.717) is 11.3 Å². The largest absolute Gasteiger partial charge is 0.271 e. The Labute approximate surface area is 115 Å². The molecule has 0 bridgehead atoms. The number of rotatable bonds is 3. The highest BCUT2D eigenvalue weighted by molar-refractivity contribution is 6.30. The first-order valence-corrected chi connectivity index (χ1v) is 7.14. The molecule has 0 heterocycles. The lowest BCUT2D eigenvalue weighted by Crippen LogP contribution is -2.41. The molecule has 100 valence electrons. The average Bonchev–Trinajstić information content (AvgIpc) is 2.32. The first kappa shape index (κ1) is 13.9. The lowest BCUT2D eigenvalue weighted by Gasteiger charge is -2.43. The fraction of sp³-hybridized carbons (Fsp3) is 0.600. The van der Waals surface area contributed by atoms with Gasteiger partial charge in [0.15, 0.2) is 0 Å². The molecule has 0 amide bonds. The second-order valence-electron chi connectivity index (χ2n) is 6.04. The first-order valence-electron chi connectivity index (χ1n) is 6.76. The van der Waals surface area contributed by atoms with Crippen molar-refractivity contribution in [1.82, 2.24) is 5.43 Å². The van der Waals surface area contributed by atoms with E-state index in [4.69, 9.17) is 17.4 Å². The van der Waals surface area contributed by atoms with E-state index >= 15 is 0 Å². The molecule has 1 aromatic rings. The van der Waals surface area contributed by atoms with E-state index in [1.54, 1.807) is 0 Å². The Morgan fingerprint density at radius 2 is 2.17 bits per heavy atom. The summed E-state index contributed by atoms with van der Waals surface area (Å²) < 4.78 is 0. The Morgan fingerprint density at radius 3 is 2.78 bits per heavy atom. The molecule has 0 aliphatic heterocycles. The van der Waals surface area contributed by atoms with Crippen LogP contribution in [-0.2, 0) is 0 Å². The zero-order valence-corrected chi connectivity index (χ0v) is 12.0. The van der Waals surface area contributed by atoms with Crippen LogP contribution >= 0.6 is 11.6 Å². The molecular weight excluding hydrogens is 244 g/mol. The number of hydrogen-bond donors (Lipinski definition) is 2. The van der Waals surface area contributed by atoms with Crippen molar-refractivity contribution in [1.29, 1.82) is 0 Å². The van der Waals surface area contributed by atoms with Gasteiger partial charge in [-0.25, -0.2) is 0 Å². The molecule has 18 heavy (non-hydrogen) atoms. The Bertz CT molecular complexity index is 403. The van der Waals surface area contributed by atoms with Gasteiger partial charge in [0, 0.05) is 11.1 Å². The molecule has 1 aliphatic carbocycles. The Hall–Kier alpha value is -0.570. The summed E-state index contributed by atoms with van der Waals surface area (Å²) in [5.41, 5.74) is 4.54. The predicted octanol–water partition coefficient (Wildman–Crippen LogP) is 4.06. The molecule has 3 heteroatoms. The van der Waals surface area contributed by atoms with E-state index < -0.39 is 0 Å². The summed E-state index contributed by atoms with van der Waals surface area (Å²) in [4.78, 5) is 0. The SMILES string of the molecule is CC1(C)CCCCC1C(NN)c1cccc(Cl)c1. The zero-order chi connectivity index (χ0) is 13.2. The maximum atomic E-state index is 6.09. The van der Waals surface area contributed by atoms with E-state index in [-0.39, 0.29) is 6.04 Å². The van der Waals surface area contributed by atoms with E-state index in [0.717, 1.165) is 5.02 Å². The fourth-order valence-corrected chi connectivity index (χ4v) is 3.48. The second kappa shape index (κ2) is 5.60. The van der Waals surface area contributed by atoms with E-state index in [2.05, 4.69) is 25.3 Å². The first-order chi connectivity index (χ1) is 8.54. The van der Waals surface area contributed by atoms with Crippen LogP contribution in [0.15, 0.2) is 24.3 Å². The predicted molar refractivity (Wildman–Crippen MR) is 77.3 cm³/mol. The topological polar surface area (TPSA) is 38.0 Å². The number of hydrazine groups is 1. The van der Waals surface area contributed by atoms with Crippen molar-refractivity contribution in [2.45, 2.75) is 45.6 Å². The van der Waals surface area contributed by atoms with Gasteiger partial charge in [0.1, 0.15) is 0 Å². The van der Waals surface area contributed by atoms with Crippen LogP contribution in [0.4, 0.5) is 0 Å². The number of benzene rings is 1. The molecule has 2 nitrogen and oxygen atoms in total.